The number of carbonyl (C=O) groups is 1. The molecule has 0 aliphatic heterocycles. The van der Waals surface area contributed by atoms with Gasteiger partial charge in [0.1, 0.15) is 5.82 Å². The zero-order chi connectivity index (χ0) is 15.1. The van der Waals surface area contributed by atoms with Gasteiger partial charge in [-0.1, -0.05) is 12.1 Å². The predicted molar refractivity (Wildman–Crippen MR) is 78.1 cm³/mol. The Morgan fingerprint density at radius 2 is 2.19 bits per heavy atom. The fourth-order valence-electron chi connectivity index (χ4n) is 1.83. The van der Waals surface area contributed by atoms with E-state index in [0.29, 0.717) is 24.4 Å². The van der Waals surface area contributed by atoms with Crippen molar-refractivity contribution in [2.75, 3.05) is 18.4 Å². The molecule has 1 amide bonds. The van der Waals surface area contributed by atoms with Crippen molar-refractivity contribution < 1.29 is 9.32 Å². The Bertz CT molecular complexity index is 583. The van der Waals surface area contributed by atoms with Gasteiger partial charge in [-0.25, -0.2) is 4.98 Å². The second kappa shape index (κ2) is 7.37. The summed E-state index contributed by atoms with van der Waals surface area (Å²) in [5.74, 6) is 1.09. The number of pyridine rings is 1. The summed E-state index contributed by atoms with van der Waals surface area (Å²) in [5, 5.41) is 9.52. The van der Waals surface area contributed by atoms with E-state index in [1.807, 2.05) is 6.92 Å². The molecule has 0 unspecified atom stereocenters. The highest BCUT2D eigenvalue weighted by Crippen LogP contribution is 2.10. The zero-order valence-corrected chi connectivity index (χ0v) is 12.2. The van der Waals surface area contributed by atoms with Crippen LogP contribution in [0.5, 0.6) is 0 Å². The van der Waals surface area contributed by atoms with Crippen LogP contribution in [-0.2, 0) is 6.42 Å². The molecule has 7 heteroatoms. The maximum Gasteiger partial charge on any atom is 0.251 e. The third-order valence-electron chi connectivity index (χ3n) is 2.80. The maximum absolute atomic E-state index is 12.1. The fraction of sp³-hybridized carbons (Fsp3) is 0.429. The van der Waals surface area contributed by atoms with Gasteiger partial charge in [0.05, 0.1) is 0 Å². The van der Waals surface area contributed by atoms with Crippen LogP contribution in [0, 0.1) is 6.92 Å². The number of amides is 1. The van der Waals surface area contributed by atoms with E-state index in [2.05, 4.69) is 32.7 Å². The Morgan fingerprint density at radius 1 is 1.33 bits per heavy atom. The first-order chi connectivity index (χ1) is 10.2. The molecule has 0 bridgehead atoms. The monoisotopic (exact) mass is 289 g/mol. The van der Waals surface area contributed by atoms with Crippen LogP contribution in [0.4, 0.5) is 5.82 Å². The van der Waals surface area contributed by atoms with Gasteiger partial charge < -0.3 is 15.2 Å². The molecule has 2 heterocycles. The molecule has 2 aromatic rings. The average Bonchev–Trinajstić information content (AvgIpc) is 2.97. The second-order valence-corrected chi connectivity index (χ2v) is 4.65. The third kappa shape index (κ3) is 4.55. The average molecular weight is 289 g/mol. The van der Waals surface area contributed by atoms with Crippen LogP contribution >= 0.6 is 0 Å². The molecule has 0 aromatic carbocycles. The van der Waals surface area contributed by atoms with E-state index in [4.69, 9.17) is 4.52 Å². The maximum atomic E-state index is 12.1. The van der Waals surface area contributed by atoms with Crippen LogP contribution in [-0.4, -0.2) is 34.1 Å². The van der Waals surface area contributed by atoms with Gasteiger partial charge in [-0.15, -0.1) is 0 Å². The lowest BCUT2D eigenvalue weighted by Crippen LogP contribution is -2.26. The quantitative estimate of drug-likeness (QED) is 0.803. The summed E-state index contributed by atoms with van der Waals surface area (Å²) < 4.78 is 4.87. The largest absolute Gasteiger partial charge is 0.370 e. The number of hydrogen-bond donors (Lipinski definition) is 2. The molecule has 0 aliphatic carbocycles. The van der Waals surface area contributed by atoms with Crippen molar-refractivity contribution in [3.63, 3.8) is 0 Å². The van der Waals surface area contributed by atoms with Gasteiger partial charge in [-0.3, -0.25) is 4.79 Å². The Labute approximate surface area is 123 Å². The molecular weight excluding hydrogens is 270 g/mol. The van der Waals surface area contributed by atoms with Crippen LogP contribution in [0.25, 0.3) is 0 Å². The SMILES string of the molecule is CCCNc1cc(C(=O)NCCc2ncno2)cc(C)n1. The molecule has 2 N–H and O–H groups in total. The molecule has 0 radical (unpaired) electrons. The number of hydrogen-bond acceptors (Lipinski definition) is 6. The smallest absolute Gasteiger partial charge is 0.251 e. The van der Waals surface area contributed by atoms with E-state index >= 15 is 0 Å². The predicted octanol–water partition coefficient (Wildman–Crippen LogP) is 1.57. The van der Waals surface area contributed by atoms with Gasteiger partial charge in [-0.05, 0) is 25.5 Å². The van der Waals surface area contributed by atoms with Gasteiger partial charge in [0.2, 0.25) is 5.89 Å². The highest BCUT2D eigenvalue weighted by atomic mass is 16.5. The molecule has 0 atom stereocenters. The highest BCUT2D eigenvalue weighted by molar-refractivity contribution is 5.95. The summed E-state index contributed by atoms with van der Waals surface area (Å²) >= 11 is 0. The van der Waals surface area contributed by atoms with Crippen molar-refractivity contribution in [1.29, 1.82) is 0 Å². The Morgan fingerprint density at radius 3 is 2.90 bits per heavy atom. The van der Waals surface area contributed by atoms with Gasteiger partial charge in [0.25, 0.3) is 5.91 Å². The van der Waals surface area contributed by atoms with Crippen LogP contribution < -0.4 is 10.6 Å². The number of anilines is 1. The molecular formula is C14H19N5O2. The molecule has 112 valence electrons. The Hall–Kier alpha value is -2.44. The Balaban J connectivity index is 1.93. The van der Waals surface area contributed by atoms with Gasteiger partial charge in [0.15, 0.2) is 6.33 Å². The van der Waals surface area contributed by atoms with Gasteiger partial charge in [-0.2, -0.15) is 4.98 Å². The van der Waals surface area contributed by atoms with Gasteiger partial charge in [0, 0.05) is 30.8 Å². The minimum absolute atomic E-state index is 0.139. The minimum Gasteiger partial charge on any atom is -0.370 e. The zero-order valence-electron chi connectivity index (χ0n) is 12.2. The molecule has 7 nitrogen and oxygen atoms in total. The summed E-state index contributed by atoms with van der Waals surface area (Å²) in [7, 11) is 0. The first-order valence-corrected chi connectivity index (χ1v) is 6.95. The Kier molecular flexibility index (Phi) is 5.25. The minimum atomic E-state index is -0.139. The number of nitrogens with zero attached hydrogens (tertiary/aromatic N) is 3. The normalized spacial score (nSPS) is 10.4. The summed E-state index contributed by atoms with van der Waals surface area (Å²) in [5.41, 5.74) is 1.39. The number of aromatic nitrogens is 3. The lowest BCUT2D eigenvalue weighted by atomic mass is 10.2. The second-order valence-electron chi connectivity index (χ2n) is 4.65. The van der Waals surface area contributed by atoms with Crippen molar-refractivity contribution in [2.45, 2.75) is 26.7 Å². The summed E-state index contributed by atoms with van der Waals surface area (Å²) in [6.45, 7) is 5.22. The van der Waals surface area contributed by atoms with Crippen molar-refractivity contribution in [3.05, 3.63) is 35.6 Å². The summed E-state index contributed by atoms with van der Waals surface area (Å²) in [4.78, 5) is 20.4. The van der Waals surface area contributed by atoms with Crippen LogP contribution in [0.15, 0.2) is 23.0 Å². The molecule has 0 fully saturated rings. The standard InChI is InChI=1S/C14H19N5O2/c1-3-5-15-12-8-11(7-10(2)19-12)14(20)16-6-4-13-17-9-18-21-13/h7-9H,3-6H2,1-2H3,(H,15,19)(H,16,20). The molecule has 0 spiro atoms. The first kappa shape index (κ1) is 15.0. The van der Waals surface area contributed by atoms with Gasteiger partial charge >= 0.3 is 0 Å². The topological polar surface area (TPSA) is 92.9 Å². The van der Waals surface area contributed by atoms with E-state index in [1.165, 1.54) is 6.33 Å². The van der Waals surface area contributed by atoms with E-state index in [9.17, 15) is 4.79 Å². The van der Waals surface area contributed by atoms with E-state index in [1.54, 1.807) is 12.1 Å². The van der Waals surface area contributed by atoms with Crippen molar-refractivity contribution in [3.8, 4) is 0 Å². The summed E-state index contributed by atoms with van der Waals surface area (Å²) in [6.07, 6.45) is 2.85. The summed E-state index contributed by atoms with van der Waals surface area (Å²) in [6, 6.07) is 3.52. The van der Waals surface area contributed by atoms with Crippen LogP contribution in [0.1, 0.15) is 35.3 Å². The number of nitrogens with one attached hydrogen (secondary N) is 2. The van der Waals surface area contributed by atoms with E-state index < -0.39 is 0 Å². The number of rotatable bonds is 7. The number of carbonyl (C=O) groups excluding carboxylic acids is 1. The highest BCUT2D eigenvalue weighted by Gasteiger charge is 2.09. The molecule has 2 aromatic heterocycles. The van der Waals surface area contributed by atoms with Crippen LogP contribution in [0.3, 0.4) is 0 Å². The first-order valence-electron chi connectivity index (χ1n) is 6.95. The fourth-order valence-corrected chi connectivity index (χ4v) is 1.83. The van der Waals surface area contributed by atoms with Crippen molar-refractivity contribution in [2.24, 2.45) is 0 Å². The van der Waals surface area contributed by atoms with Crippen molar-refractivity contribution in [1.82, 2.24) is 20.4 Å². The lowest BCUT2D eigenvalue weighted by Gasteiger charge is -2.08. The number of aryl methyl sites for hydroxylation is 1. The van der Waals surface area contributed by atoms with E-state index in [-0.39, 0.29) is 5.91 Å². The van der Waals surface area contributed by atoms with Crippen molar-refractivity contribution >= 4 is 11.7 Å². The molecule has 0 saturated carbocycles. The third-order valence-corrected chi connectivity index (χ3v) is 2.80. The lowest BCUT2D eigenvalue weighted by molar-refractivity contribution is 0.0953. The molecule has 0 saturated heterocycles. The molecule has 2 rings (SSSR count). The van der Waals surface area contributed by atoms with Crippen LogP contribution in [0.2, 0.25) is 0 Å². The van der Waals surface area contributed by atoms with E-state index in [0.717, 1.165) is 24.5 Å². The molecule has 21 heavy (non-hydrogen) atoms. The molecule has 0 aliphatic rings.